The molecular formula is C18H25NO4S. The van der Waals surface area contributed by atoms with Crippen LogP contribution in [0.5, 0.6) is 0 Å². The fourth-order valence-electron chi connectivity index (χ4n) is 3.00. The van der Waals surface area contributed by atoms with Gasteiger partial charge in [-0.1, -0.05) is 13.8 Å². The van der Waals surface area contributed by atoms with E-state index in [4.69, 9.17) is 5.11 Å². The molecule has 1 amide bonds. The van der Waals surface area contributed by atoms with Crippen molar-refractivity contribution in [2.24, 2.45) is 5.92 Å². The summed E-state index contributed by atoms with van der Waals surface area (Å²) in [6.07, 6.45) is 2.66. The van der Waals surface area contributed by atoms with Gasteiger partial charge >= 0.3 is 5.97 Å². The Hall–Kier alpha value is -1.69. The molecule has 1 N–H and O–H groups in total. The van der Waals surface area contributed by atoms with Gasteiger partial charge in [0, 0.05) is 35.2 Å². The second-order valence-electron chi connectivity index (χ2n) is 6.56. The number of carbonyl (C=O) groups excluding carboxylic acids is 1. The standard InChI is InChI=1S/C18H25NO4S/c1-13(2)24(23)16-8-6-15(7-9-16)18(22)19-11-3-4-14(12-19)5-10-17(20)21/h6-9,13-14H,3-5,10-12H2,1-2H3,(H,20,21)/t14-,24-/m0/s1. The van der Waals surface area contributed by atoms with Gasteiger partial charge in [0.05, 0.1) is 10.8 Å². The third kappa shape index (κ3) is 4.90. The molecule has 5 nitrogen and oxygen atoms in total. The van der Waals surface area contributed by atoms with Crippen LogP contribution in [0.25, 0.3) is 0 Å². The van der Waals surface area contributed by atoms with Crippen molar-refractivity contribution in [1.29, 1.82) is 0 Å². The smallest absolute Gasteiger partial charge is 0.303 e. The lowest BCUT2D eigenvalue weighted by molar-refractivity contribution is -0.137. The fraction of sp³-hybridized carbons (Fsp3) is 0.556. The summed E-state index contributed by atoms with van der Waals surface area (Å²) in [5.74, 6) is -0.560. The van der Waals surface area contributed by atoms with Gasteiger partial charge in [-0.05, 0) is 49.4 Å². The zero-order chi connectivity index (χ0) is 17.7. The number of aliphatic carboxylic acids is 1. The first-order valence-electron chi connectivity index (χ1n) is 8.40. The quantitative estimate of drug-likeness (QED) is 0.855. The Bertz CT molecular complexity index is 612. The number of hydrogen-bond donors (Lipinski definition) is 1. The molecule has 6 heteroatoms. The fourth-order valence-corrected chi connectivity index (χ4v) is 3.95. The summed E-state index contributed by atoms with van der Waals surface area (Å²) in [6, 6.07) is 6.99. The van der Waals surface area contributed by atoms with Crippen molar-refractivity contribution in [2.75, 3.05) is 13.1 Å². The Labute approximate surface area is 145 Å². The van der Waals surface area contributed by atoms with Gasteiger partial charge in [-0.2, -0.15) is 0 Å². The van der Waals surface area contributed by atoms with E-state index in [1.54, 1.807) is 24.3 Å². The molecule has 1 aliphatic rings. The maximum absolute atomic E-state index is 12.6. The zero-order valence-corrected chi connectivity index (χ0v) is 15.1. The predicted octanol–water partition coefficient (Wildman–Crippen LogP) is 2.92. The largest absolute Gasteiger partial charge is 0.481 e. The highest BCUT2D eigenvalue weighted by Crippen LogP contribution is 2.23. The topological polar surface area (TPSA) is 74.7 Å². The van der Waals surface area contributed by atoms with Gasteiger partial charge in [0.25, 0.3) is 5.91 Å². The van der Waals surface area contributed by atoms with Crippen molar-refractivity contribution in [1.82, 2.24) is 4.90 Å². The molecule has 132 valence electrons. The molecule has 24 heavy (non-hydrogen) atoms. The van der Waals surface area contributed by atoms with Gasteiger partial charge in [0.15, 0.2) is 0 Å². The number of nitrogens with zero attached hydrogens (tertiary/aromatic N) is 1. The van der Waals surface area contributed by atoms with Gasteiger partial charge in [0.1, 0.15) is 0 Å². The molecule has 1 aromatic carbocycles. The van der Waals surface area contributed by atoms with Gasteiger partial charge < -0.3 is 10.0 Å². The molecule has 0 aliphatic carbocycles. The molecule has 1 aromatic rings. The Kier molecular flexibility index (Phi) is 6.54. The van der Waals surface area contributed by atoms with Crippen molar-refractivity contribution < 1.29 is 18.9 Å². The number of carbonyl (C=O) groups is 2. The molecule has 1 fully saturated rings. The van der Waals surface area contributed by atoms with Crippen molar-refractivity contribution >= 4 is 22.7 Å². The number of hydrogen-bond acceptors (Lipinski definition) is 3. The summed E-state index contributed by atoms with van der Waals surface area (Å²) in [5.41, 5.74) is 0.596. The molecule has 0 aromatic heterocycles. The first-order valence-corrected chi connectivity index (χ1v) is 9.61. The van der Waals surface area contributed by atoms with E-state index in [9.17, 15) is 13.8 Å². The van der Waals surface area contributed by atoms with Gasteiger partial charge in [-0.15, -0.1) is 0 Å². The van der Waals surface area contributed by atoms with E-state index in [1.807, 2.05) is 18.7 Å². The van der Waals surface area contributed by atoms with E-state index < -0.39 is 16.8 Å². The molecule has 0 radical (unpaired) electrons. The van der Waals surface area contributed by atoms with Crippen LogP contribution >= 0.6 is 0 Å². The highest BCUT2D eigenvalue weighted by molar-refractivity contribution is 7.85. The third-order valence-electron chi connectivity index (χ3n) is 4.33. The number of piperidine rings is 1. The minimum absolute atomic E-state index is 0.0306. The van der Waals surface area contributed by atoms with Crippen LogP contribution in [0.3, 0.4) is 0 Å². The Balaban J connectivity index is 2.00. The molecule has 1 aliphatic heterocycles. The SMILES string of the molecule is CC(C)[S@](=O)c1ccc(C(=O)N2CCC[C@@H](CCC(=O)O)C2)cc1. The average molecular weight is 351 g/mol. The molecule has 0 unspecified atom stereocenters. The first kappa shape index (κ1) is 18.6. The lowest BCUT2D eigenvalue weighted by Gasteiger charge is -2.32. The second-order valence-corrected chi connectivity index (χ2v) is 8.57. The van der Waals surface area contributed by atoms with Gasteiger partial charge in [-0.3, -0.25) is 13.8 Å². The van der Waals surface area contributed by atoms with Crippen LogP contribution in [0.15, 0.2) is 29.2 Å². The summed E-state index contributed by atoms with van der Waals surface area (Å²) in [6.45, 7) is 5.13. The third-order valence-corrected chi connectivity index (χ3v) is 5.93. The lowest BCUT2D eigenvalue weighted by atomic mass is 9.93. The van der Waals surface area contributed by atoms with E-state index in [2.05, 4.69) is 0 Å². The Morgan fingerprint density at radius 3 is 2.54 bits per heavy atom. The maximum atomic E-state index is 12.6. The van der Waals surface area contributed by atoms with E-state index in [1.165, 1.54) is 0 Å². The van der Waals surface area contributed by atoms with Crippen molar-refractivity contribution in [3.05, 3.63) is 29.8 Å². The predicted molar refractivity (Wildman–Crippen MR) is 93.5 cm³/mol. The Morgan fingerprint density at radius 2 is 1.96 bits per heavy atom. The van der Waals surface area contributed by atoms with E-state index in [0.717, 1.165) is 17.7 Å². The summed E-state index contributed by atoms with van der Waals surface area (Å²) in [4.78, 5) is 25.9. The number of carboxylic acids is 1. The van der Waals surface area contributed by atoms with E-state index in [-0.39, 0.29) is 23.5 Å². The summed E-state index contributed by atoms with van der Waals surface area (Å²) < 4.78 is 12.1. The summed E-state index contributed by atoms with van der Waals surface area (Å²) in [7, 11) is -1.05. The molecule has 0 saturated carbocycles. The van der Waals surface area contributed by atoms with E-state index in [0.29, 0.717) is 25.1 Å². The molecule has 2 atom stereocenters. The highest BCUT2D eigenvalue weighted by atomic mass is 32.2. The number of benzene rings is 1. The number of rotatable bonds is 6. The highest BCUT2D eigenvalue weighted by Gasteiger charge is 2.25. The minimum atomic E-state index is -1.05. The number of amides is 1. The monoisotopic (exact) mass is 351 g/mol. The maximum Gasteiger partial charge on any atom is 0.303 e. The van der Waals surface area contributed by atoms with Crippen LogP contribution in [0, 0.1) is 5.92 Å². The van der Waals surface area contributed by atoms with Crippen LogP contribution < -0.4 is 0 Å². The molecule has 1 saturated heterocycles. The lowest BCUT2D eigenvalue weighted by Crippen LogP contribution is -2.40. The molecule has 0 bridgehead atoms. The van der Waals surface area contributed by atoms with Crippen LogP contribution in [0.4, 0.5) is 0 Å². The van der Waals surface area contributed by atoms with Crippen LogP contribution in [-0.2, 0) is 15.6 Å². The van der Waals surface area contributed by atoms with E-state index >= 15 is 0 Å². The second kappa shape index (κ2) is 8.42. The first-order chi connectivity index (χ1) is 11.4. The molecular weight excluding hydrogens is 326 g/mol. The summed E-state index contributed by atoms with van der Waals surface area (Å²) >= 11 is 0. The van der Waals surface area contributed by atoms with Crippen molar-refractivity contribution in [3.8, 4) is 0 Å². The Morgan fingerprint density at radius 1 is 1.29 bits per heavy atom. The zero-order valence-electron chi connectivity index (χ0n) is 14.2. The van der Waals surface area contributed by atoms with Crippen LogP contribution in [-0.4, -0.2) is 44.4 Å². The average Bonchev–Trinajstić information content (AvgIpc) is 2.59. The number of carboxylic acid groups (broad SMARTS) is 1. The minimum Gasteiger partial charge on any atom is -0.481 e. The molecule has 1 heterocycles. The summed E-state index contributed by atoms with van der Waals surface area (Å²) in [5, 5.41) is 8.85. The van der Waals surface area contributed by atoms with Crippen LogP contribution in [0.1, 0.15) is 49.9 Å². The van der Waals surface area contributed by atoms with Crippen molar-refractivity contribution in [2.45, 2.75) is 49.7 Å². The van der Waals surface area contributed by atoms with Crippen LogP contribution in [0.2, 0.25) is 0 Å². The normalized spacial score (nSPS) is 19.3. The molecule has 0 spiro atoms. The van der Waals surface area contributed by atoms with Gasteiger partial charge in [-0.25, -0.2) is 0 Å². The molecule has 2 rings (SSSR count). The number of likely N-dealkylation sites (tertiary alicyclic amines) is 1. The van der Waals surface area contributed by atoms with Gasteiger partial charge in [0.2, 0.25) is 0 Å². The van der Waals surface area contributed by atoms with Crippen molar-refractivity contribution in [3.63, 3.8) is 0 Å².